The summed E-state index contributed by atoms with van der Waals surface area (Å²) in [5, 5.41) is 4.98. The third-order valence-corrected chi connectivity index (χ3v) is 8.25. The molecule has 2 saturated heterocycles. The van der Waals surface area contributed by atoms with Gasteiger partial charge in [0.2, 0.25) is 0 Å². The molecule has 2 fully saturated rings. The quantitative estimate of drug-likeness (QED) is 0.271. The molecule has 2 aromatic heterocycles. The minimum atomic E-state index is -0.0995. The maximum atomic E-state index is 6.97. The summed E-state index contributed by atoms with van der Waals surface area (Å²) in [7, 11) is 0. The summed E-state index contributed by atoms with van der Waals surface area (Å²) in [5.41, 5.74) is 5.29. The third-order valence-electron chi connectivity index (χ3n) is 7.63. The molecule has 2 aliphatic heterocycles. The lowest BCUT2D eigenvalue weighted by Crippen LogP contribution is -2.38. The van der Waals surface area contributed by atoms with E-state index in [4.69, 9.17) is 23.8 Å². The molecule has 2 aliphatic rings. The van der Waals surface area contributed by atoms with Crippen LogP contribution in [0.2, 0.25) is 5.02 Å². The number of para-hydroxylation sites is 1. The van der Waals surface area contributed by atoms with Crippen molar-refractivity contribution in [1.29, 1.82) is 0 Å². The van der Waals surface area contributed by atoms with Crippen LogP contribution in [0.15, 0.2) is 91.4 Å². The van der Waals surface area contributed by atoms with Gasteiger partial charge in [-0.2, -0.15) is 0 Å². The van der Waals surface area contributed by atoms with Crippen LogP contribution in [0.3, 0.4) is 0 Å². The van der Waals surface area contributed by atoms with E-state index < -0.39 is 0 Å². The Morgan fingerprint density at radius 2 is 1.68 bits per heavy atom. The number of anilines is 2. The van der Waals surface area contributed by atoms with Crippen LogP contribution in [0, 0.1) is 11.8 Å². The van der Waals surface area contributed by atoms with E-state index in [0.717, 1.165) is 46.4 Å². The topological polar surface area (TPSA) is 36.3 Å². The van der Waals surface area contributed by atoms with Crippen molar-refractivity contribution in [2.45, 2.75) is 32.4 Å². The van der Waals surface area contributed by atoms with Crippen molar-refractivity contribution >= 4 is 40.3 Å². The van der Waals surface area contributed by atoms with Gasteiger partial charge in [-0.05, 0) is 84.6 Å². The fourth-order valence-corrected chi connectivity index (χ4v) is 6.72. The fourth-order valence-electron chi connectivity index (χ4n) is 6.08. The molecular formula is C31H32ClN5S. The number of halogens is 1. The van der Waals surface area contributed by atoms with Gasteiger partial charge in [0.15, 0.2) is 5.11 Å². The molecule has 4 heterocycles. The van der Waals surface area contributed by atoms with E-state index in [9.17, 15) is 0 Å². The van der Waals surface area contributed by atoms with Gasteiger partial charge >= 0.3 is 0 Å². The molecule has 1 N–H and O–H groups in total. The standard InChI is InChI=1S/C31H32ClN5S/c1-21-16-22(2)19-36(18-21)28-12-11-25(17-26(28)32)37-30(29(34-31(37)38)27-10-6-7-14-33-27)23-13-15-35(20-23)24-8-4-3-5-9-24/h3-15,17,20-22,29-30H,16,18-19H2,1-2H3,(H,34,38)/t21-,22+,29-,30-/m0/s1. The predicted octanol–water partition coefficient (Wildman–Crippen LogP) is 7.19. The van der Waals surface area contributed by atoms with Crippen LogP contribution in [0.5, 0.6) is 0 Å². The molecule has 0 unspecified atom stereocenters. The largest absolute Gasteiger partial charge is 0.370 e. The molecule has 38 heavy (non-hydrogen) atoms. The number of aromatic nitrogens is 2. The summed E-state index contributed by atoms with van der Waals surface area (Å²) in [6.45, 7) is 6.71. The van der Waals surface area contributed by atoms with Gasteiger partial charge in [-0.1, -0.05) is 49.7 Å². The number of hydrogen-bond acceptors (Lipinski definition) is 3. The summed E-state index contributed by atoms with van der Waals surface area (Å²) < 4.78 is 2.15. The Bertz CT molecular complexity index is 1410. The molecule has 194 valence electrons. The van der Waals surface area contributed by atoms with E-state index in [1.807, 2.05) is 24.4 Å². The molecule has 0 bridgehead atoms. The molecule has 0 radical (unpaired) electrons. The van der Waals surface area contributed by atoms with E-state index in [0.29, 0.717) is 16.9 Å². The van der Waals surface area contributed by atoms with Crippen molar-refractivity contribution in [1.82, 2.24) is 14.9 Å². The van der Waals surface area contributed by atoms with Crippen LogP contribution < -0.4 is 15.1 Å². The Kier molecular flexibility index (Phi) is 6.85. The fraction of sp³-hybridized carbons (Fsp3) is 0.290. The zero-order valence-electron chi connectivity index (χ0n) is 21.7. The van der Waals surface area contributed by atoms with Gasteiger partial charge in [0.25, 0.3) is 0 Å². The number of piperidine rings is 1. The van der Waals surface area contributed by atoms with Crippen LogP contribution in [0.1, 0.15) is 43.6 Å². The molecule has 0 spiro atoms. The second-order valence-electron chi connectivity index (χ2n) is 10.7. The SMILES string of the molecule is C[C@@H]1C[C@H](C)CN(c2ccc(N3C(=S)N[C@@H](c4ccccn4)[C@@H]3c3ccn(-c4ccccc4)c3)cc2Cl)C1. The maximum Gasteiger partial charge on any atom is 0.174 e. The summed E-state index contributed by atoms with van der Waals surface area (Å²) in [4.78, 5) is 9.30. The first-order chi connectivity index (χ1) is 18.5. The van der Waals surface area contributed by atoms with E-state index in [1.54, 1.807) is 0 Å². The zero-order chi connectivity index (χ0) is 26.2. The van der Waals surface area contributed by atoms with Crippen molar-refractivity contribution in [2.75, 3.05) is 22.9 Å². The van der Waals surface area contributed by atoms with Crippen molar-refractivity contribution < 1.29 is 0 Å². The molecule has 0 amide bonds. The smallest absolute Gasteiger partial charge is 0.174 e. The normalized spacial score (nSPS) is 23.5. The van der Waals surface area contributed by atoms with Gasteiger partial charge < -0.3 is 19.7 Å². The molecule has 6 rings (SSSR count). The van der Waals surface area contributed by atoms with Gasteiger partial charge in [0.05, 0.1) is 28.5 Å². The highest BCUT2D eigenvalue weighted by molar-refractivity contribution is 7.80. The molecular weight excluding hydrogens is 510 g/mol. The van der Waals surface area contributed by atoms with Crippen LogP contribution in [0.4, 0.5) is 11.4 Å². The van der Waals surface area contributed by atoms with Gasteiger partial charge in [-0.25, -0.2) is 0 Å². The minimum Gasteiger partial charge on any atom is -0.370 e. The first kappa shape index (κ1) is 25.0. The Morgan fingerprint density at radius 3 is 2.39 bits per heavy atom. The number of hydrogen-bond donors (Lipinski definition) is 1. The first-order valence-electron chi connectivity index (χ1n) is 13.3. The maximum absolute atomic E-state index is 6.97. The minimum absolute atomic E-state index is 0.0840. The van der Waals surface area contributed by atoms with Crippen molar-refractivity contribution in [3.05, 3.63) is 108 Å². The molecule has 0 saturated carbocycles. The highest BCUT2D eigenvalue weighted by atomic mass is 35.5. The Morgan fingerprint density at radius 1 is 0.921 bits per heavy atom. The van der Waals surface area contributed by atoms with Gasteiger partial charge in [-0.3, -0.25) is 4.98 Å². The van der Waals surface area contributed by atoms with Crippen LogP contribution in [-0.4, -0.2) is 27.8 Å². The second kappa shape index (κ2) is 10.4. The summed E-state index contributed by atoms with van der Waals surface area (Å²) in [6.07, 6.45) is 7.39. The molecule has 0 aliphatic carbocycles. The van der Waals surface area contributed by atoms with Crippen LogP contribution >= 0.6 is 23.8 Å². The van der Waals surface area contributed by atoms with E-state index in [1.165, 1.54) is 6.42 Å². The monoisotopic (exact) mass is 541 g/mol. The number of thiocarbonyl (C=S) groups is 1. The zero-order valence-corrected chi connectivity index (χ0v) is 23.2. The van der Waals surface area contributed by atoms with Crippen LogP contribution in [0.25, 0.3) is 5.69 Å². The Hall–Kier alpha value is -3.35. The highest BCUT2D eigenvalue weighted by Gasteiger charge is 2.41. The van der Waals surface area contributed by atoms with Crippen LogP contribution in [-0.2, 0) is 0 Å². The lowest BCUT2D eigenvalue weighted by atomic mass is 9.91. The predicted molar refractivity (Wildman–Crippen MR) is 160 cm³/mol. The van der Waals surface area contributed by atoms with Crippen molar-refractivity contribution in [3.63, 3.8) is 0 Å². The average molecular weight is 542 g/mol. The molecule has 7 heteroatoms. The van der Waals surface area contributed by atoms with E-state index in [2.05, 4.69) is 106 Å². The number of rotatable bonds is 5. The van der Waals surface area contributed by atoms with E-state index >= 15 is 0 Å². The van der Waals surface area contributed by atoms with Gasteiger partial charge in [0.1, 0.15) is 0 Å². The van der Waals surface area contributed by atoms with Crippen molar-refractivity contribution in [3.8, 4) is 5.69 Å². The number of nitrogens with zero attached hydrogens (tertiary/aromatic N) is 4. The van der Waals surface area contributed by atoms with E-state index in [-0.39, 0.29) is 12.1 Å². The Labute approximate surface area is 235 Å². The summed E-state index contributed by atoms with van der Waals surface area (Å²) in [5.74, 6) is 1.31. The molecule has 4 atom stereocenters. The highest BCUT2D eigenvalue weighted by Crippen LogP contribution is 2.43. The lowest BCUT2D eigenvalue weighted by molar-refractivity contribution is 0.357. The summed E-state index contributed by atoms with van der Waals surface area (Å²) >= 11 is 12.9. The summed E-state index contributed by atoms with van der Waals surface area (Å²) in [6, 6.07) is 24.7. The molecule has 2 aromatic carbocycles. The average Bonchev–Trinajstić information content (AvgIpc) is 3.54. The Balaban J connectivity index is 1.38. The van der Waals surface area contributed by atoms with Gasteiger partial charge in [-0.15, -0.1) is 0 Å². The first-order valence-corrected chi connectivity index (χ1v) is 14.0. The van der Waals surface area contributed by atoms with Gasteiger partial charge in [0, 0.05) is 43.1 Å². The molecule has 5 nitrogen and oxygen atoms in total. The molecule has 4 aromatic rings. The number of benzene rings is 2. The second-order valence-corrected chi connectivity index (χ2v) is 11.5. The number of pyridine rings is 1. The number of nitrogens with one attached hydrogen (secondary N) is 1. The van der Waals surface area contributed by atoms with Crippen molar-refractivity contribution in [2.24, 2.45) is 11.8 Å². The lowest BCUT2D eigenvalue weighted by Gasteiger charge is -2.37. The third kappa shape index (κ3) is 4.79.